The molecule has 1 aromatic rings. The van der Waals surface area contributed by atoms with Crippen molar-refractivity contribution in [2.45, 2.75) is 39.2 Å². The van der Waals surface area contributed by atoms with Gasteiger partial charge in [-0.05, 0) is 38.3 Å². The maximum absolute atomic E-state index is 8.64. The van der Waals surface area contributed by atoms with Gasteiger partial charge in [0.2, 0.25) is 0 Å². The van der Waals surface area contributed by atoms with Gasteiger partial charge in [-0.2, -0.15) is 5.10 Å². The molecule has 0 bridgehead atoms. The normalized spacial score (nSPS) is 10.9. The first-order chi connectivity index (χ1) is 7.77. The molecule has 0 aliphatic carbocycles. The highest BCUT2D eigenvalue weighted by molar-refractivity contribution is 5.09. The highest BCUT2D eigenvalue weighted by Crippen LogP contribution is 2.03. The minimum Gasteiger partial charge on any atom is -0.396 e. The Morgan fingerprint density at radius 2 is 2.19 bits per heavy atom. The number of aryl methyl sites for hydroxylation is 2. The first-order valence-corrected chi connectivity index (χ1v) is 6.11. The van der Waals surface area contributed by atoms with Crippen LogP contribution in [-0.2, 0) is 20.0 Å². The van der Waals surface area contributed by atoms with Gasteiger partial charge in [0.15, 0.2) is 0 Å². The van der Waals surface area contributed by atoms with E-state index in [2.05, 4.69) is 23.4 Å². The highest BCUT2D eigenvalue weighted by atomic mass is 16.2. The molecule has 0 saturated carbocycles. The molecule has 0 amide bonds. The zero-order valence-corrected chi connectivity index (χ0v) is 10.4. The topological polar surface area (TPSA) is 50.1 Å². The van der Waals surface area contributed by atoms with Crippen molar-refractivity contribution >= 4 is 0 Å². The molecule has 0 spiro atoms. The molecule has 2 N–H and O–H groups in total. The summed E-state index contributed by atoms with van der Waals surface area (Å²) in [4.78, 5) is 0. The lowest BCUT2D eigenvalue weighted by Crippen LogP contribution is -2.16. The number of aliphatic hydroxyl groups excluding tert-OH is 1. The molecule has 0 fully saturated rings. The molecule has 0 aromatic carbocycles. The van der Waals surface area contributed by atoms with Crippen LogP contribution in [0.3, 0.4) is 0 Å². The standard InChI is InChI=1S/C12H23N3O/c1-3-11-9-12(15(2)14-11)10-13-7-5-4-6-8-16/h9,13,16H,3-8,10H2,1-2H3. The number of hydrogen-bond donors (Lipinski definition) is 2. The number of unbranched alkanes of at least 4 members (excludes halogenated alkanes) is 2. The molecule has 92 valence electrons. The van der Waals surface area contributed by atoms with Crippen molar-refractivity contribution < 1.29 is 5.11 Å². The summed E-state index contributed by atoms with van der Waals surface area (Å²) in [6, 6.07) is 2.15. The molecule has 1 rings (SSSR count). The average molecular weight is 225 g/mol. The Morgan fingerprint density at radius 1 is 1.38 bits per heavy atom. The smallest absolute Gasteiger partial charge is 0.0625 e. The number of hydrogen-bond acceptors (Lipinski definition) is 3. The second-order valence-electron chi connectivity index (χ2n) is 4.07. The van der Waals surface area contributed by atoms with Crippen LogP contribution in [0.1, 0.15) is 37.6 Å². The van der Waals surface area contributed by atoms with E-state index in [1.54, 1.807) is 0 Å². The third-order valence-electron chi connectivity index (χ3n) is 2.71. The van der Waals surface area contributed by atoms with E-state index in [0.717, 1.165) is 44.5 Å². The molecule has 0 saturated heterocycles. The summed E-state index contributed by atoms with van der Waals surface area (Å²) in [5.41, 5.74) is 2.39. The Morgan fingerprint density at radius 3 is 2.81 bits per heavy atom. The predicted octanol–water partition coefficient (Wildman–Crippen LogP) is 1.23. The Hall–Kier alpha value is -0.870. The summed E-state index contributed by atoms with van der Waals surface area (Å²) in [6.07, 6.45) is 4.12. The fourth-order valence-corrected chi connectivity index (χ4v) is 1.66. The number of rotatable bonds is 8. The van der Waals surface area contributed by atoms with E-state index in [4.69, 9.17) is 5.11 Å². The minimum absolute atomic E-state index is 0.307. The molecule has 1 heterocycles. The van der Waals surface area contributed by atoms with Crippen LogP contribution in [0.5, 0.6) is 0 Å². The molecule has 16 heavy (non-hydrogen) atoms. The maximum Gasteiger partial charge on any atom is 0.0625 e. The maximum atomic E-state index is 8.64. The van der Waals surface area contributed by atoms with Gasteiger partial charge in [-0.15, -0.1) is 0 Å². The van der Waals surface area contributed by atoms with E-state index in [9.17, 15) is 0 Å². The van der Waals surface area contributed by atoms with Crippen molar-refractivity contribution in [1.82, 2.24) is 15.1 Å². The van der Waals surface area contributed by atoms with Crippen molar-refractivity contribution in [2.75, 3.05) is 13.2 Å². The molecule has 4 heteroatoms. The SMILES string of the molecule is CCc1cc(CNCCCCCO)n(C)n1. The lowest BCUT2D eigenvalue weighted by atomic mass is 10.2. The molecular weight excluding hydrogens is 202 g/mol. The van der Waals surface area contributed by atoms with Crippen LogP contribution in [0.25, 0.3) is 0 Å². The van der Waals surface area contributed by atoms with E-state index >= 15 is 0 Å². The van der Waals surface area contributed by atoms with Crippen molar-refractivity contribution in [3.63, 3.8) is 0 Å². The van der Waals surface area contributed by atoms with Crippen LogP contribution < -0.4 is 5.32 Å². The quantitative estimate of drug-likeness (QED) is 0.654. The third-order valence-corrected chi connectivity index (χ3v) is 2.71. The molecule has 0 unspecified atom stereocenters. The van der Waals surface area contributed by atoms with Gasteiger partial charge in [0.05, 0.1) is 11.4 Å². The van der Waals surface area contributed by atoms with Gasteiger partial charge in [-0.25, -0.2) is 0 Å². The second kappa shape index (κ2) is 7.41. The summed E-state index contributed by atoms with van der Waals surface area (Å²) >= 11 is 0. The van der Waals surface area contributed by atoms with Crippen LogP contribution in [0.4, 0.5) is 0 Å². The van der Waals surface area contributed by atoms with Gasteiger partial charge in [0, 0.05) is 20.2 Å². The first-order valence-electron chi connectivity index (χ1n) is 6.11. The van der Waals surface area contributed by atoms with Crippen molar-refractivity contribution in [1.29, 1.82) is 0 Å². The van der Waals surface area contributed by atoms with Gasteiger partial charge in [0.1, 0.15) is 0 Å². The molecular formula is C12H23N3O. The number of aliphatic hydroxyl groups is 1. The number of nitrogens with one attached hydrogen (secondary N) is 1. The molecule has 0 aliphatic heterocycles. The van der Waals surface area contributed by atoms with E-state index in [0.29, 0.717) is 6.61 Å². The summed E-state index contributed by atoms with van der Waals surface area (Å²) in [5, 5.41) is 16.4. The lowest BCUT2D eigenvalue weighted by molar-refractivity contribution is 0.283. The van der Waals surface area contributed by atoms with Crippen molar-refractivity contribution in [3.8, 4) is 0 Å². The van der Waals surface area contributed by atoms with Gasteiger partial charge in [-0.3, -0.25) is 4.68 Å². The largest absolute Gasteiger partial charge is 0.396 e. The van der Waals surface area contributed by atoms with Crippen LogP contribution in [0, 0.1) is 0 Å². The first kappa shape index (κ1) is 13.2. The van der Waals surface area contributed by atoms with Crippen LogP contribution in [0.2, 0.25) is 0 Å². The molecule has 0 aliphatic rings. The van der Waals surface area contributed by atoms with Gasteiger partial charge >= 0.3 is 0 Å². The average Bonchev–Trinajstić information content (AvgIpc) is 2.65. The Labute approximate surface area is 97.7 Å². The molecule has 4 nitrogen and oxygen atoms in total. The minimum atomic E-state index is 0.307. The van der Waals surface area contributed by atoms with Crippen LogP contribution >= 0.6 is 0 Å². The van der Waals surface area contributed by atoms with Crippen LogP contribution in [0.15, 0.2) is 6.07 Å². The molecule has 0 radical (unpaired) electrons. The summed E-state index contributed by atoms with van der Waals surface area (Å²) in [7, 11) is 1.99. The van der Waals surface area contributed by atoms with E-state index in [1.807, 2.05) is 11.7 Å². The van der Waals surface area contributed by atoms with Gasteiger partial charge < -0.3 is 10.4 Å². The zero-order chi connectivity index (χ0) is 11.8. The molecule has 1 aromatic heterocycles. The fourth-order valence-electron chi connectivity index (χ4n) is 1.66. The summed E-state index contributed by atoms with van der Waals surface area (Å²) < 4.78 is 1.94. The summed E-state index contributed by atoms with van der Waals surface area (Å²) in [5.74, 6) is 0. The zero-order valence-electron chi connectivity index (χ0n) is 10.4. The summed E-state index contributed by atoms with van der Waals surface area (Å²) in [6.45, 7) is 4.31. The lowest BCUT2D eigenvalue weighted by Gasteiger charge is -2.04. The Balaban J connectivity index is 2.18. The number of aromatic nitrogens is 2. The van der Waals surface area contributed by atoms with E-state index in [-0.39, 0.29) is 0 Å². The second-order valence-corrected chi connectivity index (χ2v) is 4.07. The van der Waals surface area contributed by atoms with Gasteiger partial charge in [0.25, 0.3) is 0 Å². The Bertz CT molecular complexity index is 296. The number of nitrogens with zero attached hydrogens (tertiary/aromatic N) is 2. The fraction of sp³-hybridized carbons (Fsp3) is 0.750. The van der Waals surface area contributed by atoms with Crippen LogP contribution in [-0.4, -0.2) is 28.0 Å². The monoisotopic (exact) mass is 225 g/mol. The Kier molecular flexibility index (Phi) is 6.11. The van der Waals surface area contributed by atoms with E-state index in [1.165, 1.54) is 5.69 Å². The highest BCUT2D eigenvalue weighted by Gasteiger charge is 2.02. The van der Waals surface area contributed by atoms with E-state index < -0.39 is 0 Å². The molecule has 0 atom stereocenters. The van der Waals surface area contributed by atoms with Crippen molar-refractivity contribution in [3.05, 3.63) is 17.5 Å². The predicted molar refractivity (Wildman–Crippen MR) is 65.2 cm³/mol. The van der Waals surface area contributed by atoms with Crippen molar-refractivity contribution in [2.24, 2.45) is 7.05 Å². The van der Waals surface area contributed by atoms with Gasteiger partial charge in [-0.1, -0.05) is 6.92 Å². The third kappa shape index (κ3) is 4.33.